The largest absolute Gasteiger partial charge is 0.463 e. The third-order valence-corrected chi connectivity index (χ3v) is 3.67. The van der Waals surface area contributed by atoms with Crippen LogP contribution in [0.25, 0.3) is 0 Å². The van der Waals surface area contributed by atoms with E-state index in [2.05, 4.69) is 19.2 Å². The van der Waals surface area contributed by atoms with E-state index in [-0.39, 0.29) is 30.1 Å². The average molecular weight is 297 g/mol. The molecule has 5 nitrogen and oxygen atoms in total. The van der Waals surface area contributed by atoms with Crippen molar-refractivity contribution in [1.29, 1.82) is 0 Å². The van der Waals surface area contributed by atoms with Crippen molar-refractivity contribution >= 4 is 11.9 Å². The lowest BCUT2D eigenvalue weighted by atomic mass is 9.92. The van der Waals surface area contributed by atoms with Crippen molar-refractivity contribution in [1.82, 2.24) is 5.32 Å². The molecule has 1 N–H and O–H groups in total. The van der Waals surface area contributed by atoms with Crippen LogP contribution >= 0.6 is 0 Å². The highest BCUT2D eigenvalue weighted by atomic mass is 16.5. The van der Waals surface area contributed by atoms with Crippen LogP contribution in [-0.4, -0.2) is 36.7 Å². The maximum absolute atomic E-state index is 11.9. The molecule has 0 saturated carbocycles. The summed E-state index contributed by atoms with van der Waals surface area (Å²) in [5, 5.41) is 2.92. The predicted octanol–water partition coefficient (Wildman–Crippen LogP) is 2.35. The van der Waals surface area contributed by atoms with Gasteiger partial charge in [-0.1, -0.05) is 13.8 Å². The lowest BCUT2D eigenvalue weighted by Crippen LogP contribution is -2.46. The van der Waals surface area contributed by atoms with Crippen molar-refractivity contribution in [2.75, 3.05) is 6.61 Å². The van der Waals surface area contributed by atoms with E-state index in [1.165, 1.54) is 6.92 Å². The summed E-state index contributed by atoms with van der Waals surface area (Å²) in [6, 6.07) is -0.0822. The average Bonchev–Trinajstić information content (AvgIpc) is 2.45. The molecule has 0 radical (unpaired) electrons. The molecule has 0 aliphatic heterocycles. The molecular weight excluding hydrogens is 270 g/mol. The van der Waals surface area contributed by atoms with Crippen molar-refractivity contribution in [2.45, 2.75) is 71.6 Å². The Bertz CT molecular complexity index is 388. The Morgan fingerprint density at radius 1 is 1.33 bits per heavy atom. The minimum atomic E-state index is -0.281. The number of hydrogen-bond acceptors (Lipinski definition) is 4. The molecule has 0 bridgehead atoms. The van der Waals surface area contributed by atoms with Gasteiger partial charge in [0.2, 0.25) is 5.91 Å². The Labute approximate surface area is 127 Å². The monoisotopic (exact) mass is 297 g/mol. The van der Waals surface area contributed by atoms with E-state index in [1.807, 2.05) is 6.08 Å². The van der Waals surface area contributed by atoms with Gasteiger partial charge in [0, 0.05) is 12.5 Å². The minimum absolute atomic E-state index is 0.0777. The fourth-order valence-electron chi connectivity index (χ4n) is 2.52. The zero-order valence-corrected chi connectivity index (χ0v) is 13.5. The summed E-state index contributed by atoms with van der Waals surface area (Å²) in [6.45, 7) is 7.79. The van der Waals surface area contributed by atoms with Gasteiger partial charge in [0.25, 0.3) is 0 Å². The van der Waals surface area contributed by atoms with Crippen LogP contribution in [0, 0.1) is 0 Å². The highest BCUT2D eigenvalue weighted by molar-refractivity contribution is 5.88. The van der Waals surface area contributed by atoms with Gasteiger partial charge in [-0.2, -0.15) is 0 Å². The van der Waals surface area contributed by atoms with E-state index in [0.717, 1.165) is 12.8 Å². The number of carbonyl (C=O) groups is 2. The number of esters is 1. The molecule has 0 fully saturated rings. The molecule has 0 spiro atoms. The molecule has 1 aliphatic carbocycles. The second kappa shape index (κ2) is 8.82. The number of nitrogens with one attached hydrogen (secondary N) is 1. The van der Waals surface area contributed by atoms with Gasteiger partial charge < -0.3 is 14.8 Å². The highest BCUT2D eigenvalue weighted by Gasteiger charge is 2.30. The molecular formula is C16H27NO4. The summed E-state index contributed by atoms with van der Waals surface area (Å²) in [7, 11) is 0. The van der Waals surface area contributed by atoms with Crippen LogP contribution in [0.2, 0.25) is 0 Å². The second-order valence-corrected chi connectivity index (χ2v) is 5.30. The SMILES string of the molecule is CCOC(=O)C1=CC(OC(CC)CC)[C@H](NC(C)=O)CC1. The molecule has 2 atom stereocenters. The molecule has 1 aliphatic rings. The molecule has 1 rings (SSSR count). The number of ether oxygens (including phenoxy) is 2. The van der Waals surface area contributed by atoms with E-state index in [4.69, 9.17) is 9.47 Å². The van der Waals surface area contributed by atoms with Crippen molar-refractivity contribution in [3.63, 3.8) is 0 Å². The van der Waals surface area contributed by atoms with Crippen LogP contribution < -0.4 is 5.32 Å². The highest BCUT2D eigenvalue weighted by Crippen LogP contribution is 2.24. The topological polar surface area (TPSA) is 64.6 Å². The van der Waals surface area contributed by atoms with Gasteiger partial charge in [0.1, 0.15) is 0 Å². The smallest absolute Gasteiger partial charge is 0.333 e. The molecule has 0 aromatic rings. The van der Waals surface area contributed by atoms with Gasteiger partial charge >= 0.3 is 5.97 Å². The predicted molar refractivity (Wildman–Crippen MR) is 80.8 cm³/mol. The minimum Gasteiger partial charge on any atom is -0.463 e. The summed E-state index contributed by atoms with van der Waals surface area (Å²) in [6.07, 6.45) is 4.78. The zero-order valence-electron chi connectivity index (χ0n) is 13.5. The lowest BCUT2D eigenvalue weighted by Gasteiger charge is -2.32. The van der Waals surface area contributed by atoms with Gasteiger partial charge in [-0.05, 0) is 38.7 Å². The third kappa shape index (κ3) is 5.50. The van der Waals surface area contributed by atoms with E-state index in [0.29, 0.717) is 25.0 Å². The first-order valence-corrected chi connectivity index (χ1v) is 7.82. The normalized spacial score (nSPS) is 21.9. The van der Waals surface area contributed by atoms with Crippen LogP contribution in [0.5, 0.6) is 0 Å². The molecule has 0 saturated heterocycles. The molecule has 1 unspecified atom stereocenters. The number of hydrogen-bond donors (Lipinski definition) is 1. The maximum Gasteiger partial charge on any atom is 0.333 e. The molecule has 5 heteroatoms. The number of amides is 1. The van der Waals surface area contributed by atoms with E-state index in [1.54, 1.807) is 6.92 Å². The standard InChI is InChI=1S/C16H27NO4/c1-5-13(6-2)21-15-10-12(16(19)20-7-3)8-9-14(15)17-11(4)18/h10,13-15H,5-9H2,1-4H3,(H,17,18)/t14-,15?/m1/s1. The van der Waals surface area contributed by atoms with Gasteiger partial charge in [-0.3, -0.25) is 4.79 Å². The molecule has 0 heterocycles. The number of carbonyl (C=O) groups excluding carboxylic acids is 2. The Morgan fingerprint density at radius 3 is 2.52 bits per heavy atom. The molecule has 0 aromatic heterocycles. The molecule has 1 amide bonds. The first-order chi connectivity index (χ1) is 10.0. The van der Waals surface area contributed by atoms with Crippen molar-refractivity contribution in [3.05, 3.63) is 11.6 Å². The summed E-state index contributed by atoms with van der Waals surface area (Å²) in [4.78, 5) is 23.2. The lowest BCUT2D eigenvalue weighted by molar-refractivity contribution is -0.139. The van der Waals surface area contributed by atoms with Crippen LogP contribution in [0.4, 0.5) is 0 Å². The fraction of sp³-hybridized carbons (Fsp3) is 0.750. The second-order valence-electron chi connectivity index (χ2n) is 5.30. The van der Waals surface area contributed by atoms with Crippen molar-refractivity contribution < 1.29 is 19.1 Å². The van der Waals surface area contributed by atoms with Gasteiger partial charge in [0.05, 0.1) is 24.9 Å². The summed E-state index contributed by atoms with van der Waals surface area (Å²) in [5.41, 5.74) is 0.648. The maximum atomic E-state index is 11.9. The molecule has 0 aromatic carbocycles. The quantitative estimate of drug-likeness (QED) is 0.733. The van der Waals surface area contributed by atoms with Crippen LogP contribution in [0.15, 0.2) is 11.6 Å². The first-order valence-electron chi connectivity index (χ1n) is 7.82. The third-order valence-electron chi connectivity index (χ3n) is 3.67. The Balaban J connectivity index is 2.85. The summed E-state index contributed by atoms with van der Waals surface area (Å²) >= 11 is 0. The summed E-state index contributed by atoms with van der Waals surface area (Å²) in [5.74, 6) is -0.358. The van der Waals surface area contributed by atoms with Crippen LogP contribution in [-0.2, 0) is 19.1 Å². The molecule has 21 heavy (non-hydrogen) atoms. The van der Waals surface area contributed by atoms with Gasteiger partial charge in [0.15, 0.2) is 0 Å². The van der Waals surface area contributed by atoms with Crippen LogP contribution in [0.3, 0.4) is 0 Å². The first kappa shape index (κ1) is 17.7. The van der Waals surface area contributed by atoms with Crippen LogP contribution in [0.1, 0.15) is 53.4 Å². The number of rotatable bonds is 7. The summed E-state index contributed by atoms with van der Waals surface area (Å²) < 4.78 is 11.1. The Hall–Kier alpha value is -1.36. The van der Waals surface area contributed by atoms with Gasteiger partial charge in [-0.15, -0.1) is 0 Å². The van der Waals surface area contributed by atoms with E-state index in [9.17, 15) is 9.59 Å². The van der Waals surface area contributed by atoms with Crippen molar-refractivity contribution in [3.8, 4) is 0 Å². The Morgan fingerprint density at radius 2 is 2.00 bits per heavy atom. The van der Waals surface area contributed by atoms with E-state index < -0.39 is 0 Å². The zero-order chi connectivity index (χ0) is 15.8. The Kier molecular flexibility index (Phi) is 7.43. The molecule has 120 valence electrons. The van der Waals surface area contributed by atoms with Gasteiger partial charge in [-0.25, -0.2) is 4.79 Å². The van der Waals surface area contributed by atoms with E-state index >= 15 is 0 Å². The fourth-order valence-corrected chi connectivity index (χ4v) is 2.52. The van der Waals surface area contributed by atoms with Crippen molar-refractivity contribution in [2.24, 2.45) is 0 Å².